The molecule has 104 valence electrons. The van der Waals surface area contributed by atoms with Crippen molar-refractivity contribution in [3.8, 4) is 0 Å². The van der Waals surface area contributed by atoms with E-state index < -0.39 is 20.8 Å². The number of nitro groups is 1. The predicted molar refractivity (Wildman–Crippen MR) is 66.8 cm³/mol. The van der Waals surface area contributed by atoms with Gasteiger partial charge in [-0.15, -0.1) is 0 Å². The third-order valence-electron chi connectivity index (χ3n) is 3.09. The van der Waals surface area contributed by atoms with E-state index in [1.165, 1.54) is 0 Å². The quantitative estimate of drug-likeness (QED) is 0.598. The average molecular weight is 286 g/mol. The Morgan fingerprint density at radius 1 is 1.42 bits per heavy atom. The van der Waals surface area contributed by atoms with E-state index in [1.807, 2.05) is 0 Å². The fraction of sp³-hybridized carbons (Fsp3) is 0.500. The van der Waals surface area contributed by atoms with E-state index in [0.29, 0.717) is 6.42 Å². The zero-order valence-corrected chi connectivity index (χ0v) is 10.8. The number of sulfonamides is 1. The molecule has 1 heterocycles. The third-order valence-corrected chi connectivity index (χ3v) is 4.57. The first kappa shape index (κ1) is 13.8. The van der Waals surface area contributed by atoms with E-state index in [1.54, 1.807) is 0 Å². The first-order valence-electron chi connectivity index (χ1n) is 5.78. The normalized spacial score (nSPS) is 23.4. The van der Waals surface area contributed by atoms with Crippen LogP contribution < -0.4 is 10.5 Å². The van der Waals surface area contributed by atoms with Crippen LogP contribution in [0.1, 0.15) is 19.3 Å². The topological polar surface area (TPSA) is 128 Å². The molecule has 1 aromatic heterocycles. The van der Waals surface area contributed by atoms with E-state index >= 15 is 0 Å². The Kier molecular flexibility index (Phi) is 3.78. The van der Waals surface area contributed by atoms with Gasteiger partial charge in [-0.1, -0.05) is 6.42 Å². The first-order valence-corrected chi connectivity index (χ1v) is 7.27. The zero-order valence-electron chi connectivity index (χ0n) is 10.0. The maximum Gasteiger partial charge on any atom is 0.363 e. The van der Waals surface area contributed by atoms with Crippen LogP contribution in [0, 0.1) is 10.1 Å². The van der Waals surface area contributed by atoms with Gasteiger partial charge in [-0.3, -0.25) is 0 Å². The van der Waals surface area contributed by atoms with Crippen molar-refractivity contribution in [2.24, 2.45) is 5.73 Å². The van der Waals surface area contributed by atoms with Gasteiger partial charge in [0.1, 0.15) is 4.90 Å². The van der Waals surface area contributed by atoms with Gasteiger partial charge < -0.3 is 15.8 Å². The Hall–Kier alpha value is -1.58. The first-order chi connectivity index (χ1) is 8.90. The van der Waals surface area contributed by atoms with Crippen molar-refractivity contribution in [1.82, 2.24) is 9.71 Å². The van der Waals surface area contributed by atoms with Crippen LogP contribution in [-0.4, -0.2) is 30.4 Å². The summed E-state index contributed by atoms with van der Waals surface area (Å²) in [6.07, 6.45) is 3.33. The molecule has 1 aliphatic rings. The number of aromatic nitrogens is 1. The molecule has 0 aromatic carbocycles. The van der Waals surface area contributed by atoms with Crippen LogP contribution in [-0.2, 0) is 10.0 Å². The van der Waals surface area contributed by atoms with E-state index in [4.69, 9.17) is 5.73 Å². The molecule has 0 spiro atoms. The molecule has 1 aliphatic carbocycles. The van der Waals surface area contributed by atoms with Crippen molar-refractivity contribution in [3.63, 3.8) is 0 Å². The highest BCUT2D eigenvalue weighted by molar-refractivity contribution is 7.89. The van der Waals surface area contributed by atoms with Crippen molar-refractivity contribution in [2.45, 2.75) is 36.2 Å². The van der Waals surface area contributed by atoms with Gasteiger partial charge in [0.25, 0.3) is 0 Å². The Balaban J connectivity index is 2.17. The molecule has 0 bridgehead atoms. The van der Waals surface area contributed by atoms with Gasteiger partial charge in [-0.25, -0.2) is 13.1 Å². The van der Waals surface area contributed by atoms with Crippen molar-refractivity contribution < 1.29 is 13.3 Å². The van der Waals surface area contributed by atoms with E-state index in [0.717, 1.165) is 31.2 Å². The van der Waals surface area contributed by atoms with Crippen molar-refractivity contribution in [3.05, 3.63) is 28.4 Å². The minimum absolute atomic E-state index is 0.0998. The zero-order chi connectivity index (χ0) is 14.0. The van der Waals surface area contributed by atoms with Gasteiger partial charge in [0, 0.05) is 18.2 Å². The molecule has 0 saturated heterocycles. The number of nitrogens with one attached hydrogen (secondary N) is 1. The highest BCUT2D eigenvalue weighted by Crippen LogP contribution is 2.20. The number of pyridine rings is 1. The van der Waals surface area contributed by atoms with Crippen LogP contribution in [0.25, 0.3) is 0 Å². The predicted octanol–water partition coefficient (Wildman–Crippen LogP) is 0.148. The summed E-state index contributed by atoms with van der Waals surface area (Å²) in [5, 5.41) is 10.4. The Morgan fingerprint density at radius 2 is 2.16 bits per heavy atom. The fourth-order valence-electron chi connectivity index (χ4n) is 2.04. The maximum absolute atomic E-state index is 12.0. The lowest BCUT2D eigenvalue weighted by molar-refractivity contribution is -0.389. The second-order valence-corrected chi connectivity index (χ2v) is 6.15. The lowest BCUT2D eigenvalue weighted by Crippen LogP contribution is -2.43. The highest BCUT2D eigenvalue weighted by Gasteiger charge is 2.29. The summed E-state index contributed by atoms with van der Waals surface area (Å²) < 4.78 is 26.6. The molecule has 2 atom stereocenters. The minimum atomic E-state index is -3.73. The Labute approximate surface area is 110 Å². The molecule has 0 aliphatic heterocycles. The monoisotopic (exact) mass is 286 g/mol. The highest BCUT2D eigenvalue weighted by atomic mass is 32.2. The molecule has 1 saturated carbocycles. The summed E-state index contributed by atoms with van der Waals surface area (Å²) in [6.45, 7) is 0. The van der Waals surface area contributed by atoms with Crippen LogP contribution in [0.15, 0.2) is 23.2 Å². The molecular weight excluding hydrogens is 272 g/mol. The summed E-state index contributed by atoms with van der Waals surface area (Å²) in [5.74, 6) is -0.392. The maximum atomic E-state index is 12.0. The standard InChI is InChI=1S/C10H14N4O4S/c11-8-2-1-3-9(8)13-19(17,18)7-4-5-10(12-6-7)14(15)16/h4-6,8-9,13H,1-3,11H2. The lowest BCUT2D eigenvalue weighted by Gasteiger charge is -2.16. The van der Waals surface area contributed by atoms with Crippen LogP contribution in [0.3, 0.4) is 0 Å². The van der Waals surface area contributed by atoms with Gasteiger partial charge in [-0.2, -0.15) is 0 Å². The second kappa shape index (κ2) is 5.19. The van der Waals surface area contributed by atoms with E-state index in [9.17, 15) is 18.5 Å². The van der Waals surface area contributed by atoms with Gasteiger partial charge in [0.15, 0.2) is 6.20 Å². The third kappa shape index (κ3) is 3.06. The summed E-state index contributed by atoms with van der Waals surface area (Å²) in [5.41, 5.74) is 5.80. The molecule has 9 heteroatoms. The number of nitrogens with zero attached hydrogens (tertiary/aromatic N) is 2. The number of hydrogen-bond acceptors (Lipinski definition) is 6. The molecule has 8 nitrogen and oxygen atoms in total. The van der Waals surface area contributed by atoms with Crippen molar-refractivity contribution in [1.29, 1.82) is 0 Å². The van der Waals surface area contributed by atoms with Crippen molar-refractivity contribution >= 4 is 15.8 Å². The molecule has 3 N–H and O–H groups in total. The van der Waals surface area contributed by atoms with E-state index in [2.05, 4.69) is 9.71 Å². The minimum Gasteiger partial charge on any atom is -0.358 e. The second-order valence-electron chi connectivity index (χ2n) is 4.43. The van der Waals surface area contributed by atoms with Gasteiger partial charge in [-0.05, 0) is 28.8 Å². The molecule has 1 aromatic rings. The number of nitrogens with two attached hydrogens (primary N) is 1. The lowest BCUT2D eigenvalue weighted by atomic mass is 10.2. The van der Waals surface area contributed by atoms with Crippen LogP contribution in [0.4, 0.5) is 5.82 Å². The van der Waals surface area contributed by atoms with Crippen molar-refractivity contribution in [2.75, 3.05) is 0 Å². The summed E-state index contributed by atoms with van der Waals surface area (Å²) in [7, 11) is -3.73. The molecule has 2 rings (SSSR count). The fourth-order valence-corrected chi connectivity index (χ4v) is 3.31. The number of hydrogen-bond donors (Lipinski definition) is 2. The Morgan fingerprint density at radius 3 is 2.63 bits per heavy atom. The SMILES string of the molecule is NC1CCCC1NS(=O)(=O)c1ccc([N+](=O)[O-])nc1. The molecule has 2 unspecified atom stereocenters. The largest absolute Gasteiger partial charge is 0.363 e. The summed E-state index contributed by atoms with van der Waals surface area (Å²) in [4.78, 5) is 13.1. The van der Waals surface area contributed by atoms with Gasteiger partial charge in [0.05, 0.1) is 0 Å². The molecule has 1 fully saturated rings. The smallest absolute Gasteiger partial charge is 0.358 e. The summed E-state index contributed by atoms with van der Waals surface area (Å²) >= 11 is 0. The van der Waals surface area contributed by atoms with Crippen LogP contribution >= 0.6 is 0 Å². The van der Waals surface area contributed by atoms with Crippen LogP contribution in [0.2, 0.25) is 0 Å². The molecule has 0 radical (unpaired) electrons. The van der Waals surface area contributed by atoms with E-state index in [-0.39, 0.29) is 17.0 Å². The van der Waals surface area contributed by atoms with Crippen LogP contribution in [0.5, 0.6) is 0 Å². The molecule has 19 heavy (non-hydrogen) atoms. The van der Waals surface area contributed by atoms with Gasteiger partial charge >= 0.3 is 5.82 Å². The summed E-state index contributed by atoms with van der Waals surface area (Å²) in [6, 6.07) is 1.73. The molecular formula is C10H14N4O4S. The molecule has 0 amide bonds. The Bertz CT molecular complexity index is 572. The number of rotatable bonds is 4. The van der Waals surface area contributed by atoms with Gasteiger partial charge in [0.2, 0.25) is 10.0 Å². The average Bonchev–Trinajstić information content (AvgIpc) is 2.74.